The zero-order valence-electron chi connectivity index (χ0n) is 16.0. The lowest BCUT2D eigenvalue weighted by Crippen LogP contribution is -2.55. The quantitative estimate of drug-likeness (QED) is 0.562. The lowest BCUT2D eigenvalue weighted by molar-refractivity contribution is -0.169. The van der Waals surface area contributed by atoms with Crippen molar-refractivity contribution in [1.29, 1.82) is 0 Å². The highest BCUT2D eigenvalue weighted by atomic mass is 35.5. The van der Waals surface area contributed by atoms with Crippen LogP contribution in [0.2, 0.25) is 5.02 Å². The molecule has 1 aromatic carbocycles. The number of carbonyl (C=O) groups is 3. The van der Waals surface area contributed by atoms with E-state index in [1.807, 2.05) is 0 Å². The van der Waals surface area contributed by atoms with Crippen LogP contribution >= 0.6 is 11.6 Å². The van der Waals surface area contributed by atoms with Crippen molar-refractivity contribution in [3.63, 3.8) is 0 Å². The minimum atomic E-state index is -1.19. The molecule has 1 amide bonds. The van der Waals surface area contributed by atoms with E-state index in [9.17, 15) is 14.4 Å². The monoisotopic (exact) mass is 396 g/mol. The molecule has 0 radical (unpaired) electrons. The molecule has 0 heterocycles. The number of halogens is 1. The molecule has 1 saturated carbocycles. The van der Waals surface area contributed by atoms with Crippen LogP contribution in [0.3, 0.4) is 0 Å². The van der Waals surface area contributed by atoms with Gasteiger partial charge in [0.05, 0.1) is 7.11 Å². The van der Waals surface area contributed by atoms with E-state index < -0.39 is 23.6 Å². The van der Waals surface area contributed by atoms with Crippen molar-refractivity contribution in [2.24, 2.45) is 0 Å². The first-order valence-electron chi connectivity index (χ1n) is 8.80. The number of carbonyl (C=O) groups excluding carboxylic acids is 3. The van der Waals surface area contributed by atoms with E-state index in [4.69, 9.17) is 16.4 Å². The van der Waals surface area contributed by atoms with Gasteiger partial charge in [-0.05, 0) is 32.3 Å². The summed E-state index contributed by atoms with van der Waals surface area (Å²) in [5.74, 6) is -0.618. The molecule has 1 aromatic rings. The molecule has 1 aliphatic rings. The summed E-state index contributed by atoms with van der Waals surface area (Å²) in [4.78, 5) is 44.1. The lowest BCUT2D eigenvalue weighted by Gasteiger charge is -2.43. The van der Waals surface area contributed by atoms with Gasteiger partial charge < -0.3 is 9.57 Å². The summed E-state index contributed by atoms with van der Waals surface area (Å²) in [5.41, 5.74) is -0.609. The summed E-state index contributed by atoms with van der Waals surface area (Å²) in [6, 6.07) is 6.24. The molecule has 0 aromatic heterocycles. The van der Waals surface area contributed by atoms with Crippen molar-refractivity contribution < 1.29 is 24.0 Å². The van der Waals surface area contributed by atoms with E-state index in [0.717, 1.165) is 17.9 Å². The summed E-state index contributed by atoms with van der Waals surface area (Å²) >= 11 is 6.38. The molecule has 0 N–H and O–H groups in total. The van der Waals surface area contributed by atoms with Crippen molar-refractivity contribution >= 4 is 29.4 Å². The number of ether oxygens (including phenoxy) is 1. The van der Waals surface area contributed by atoms with Crippen molar-refractivity contribution in [2.45, 2.75) is 44.2 Å². The molecule has 27 heavy (non-hydrogen) atoms. The molecule has 1 aliphatic carbocycles. The fraction of sp³-hybridized carbons (Fsp3) is 0.526. The van der Waals surface area contributed by atoms with E-state index in [1.54, 1.807) is 31.2 Å². The lowest BCUT2D eigenvalue weighted by atomic mass is 9.74. The van der Waals surface area contributed by atoms with Gasteiger partial charge in [0.15, 0.2) is 5.78 Å². The standard InChI is InChI=1S/C19H25ClN2O5/c1-13(17(24)26-4)22(3)27-18(25)21(2)19(12-8-7-11-16(19)23)14-9-5-6-10-15(14)20/h5-6,9-10,13H,7-8,11-12H2,1-4H3/t13-,19-/m0/s1. The molecular formula is C19H25ClN2O5. The highest BCUT2D eigenvalue weighted by molar-refractivity contribution is 6.31. The van der Waals surface area contributed by atoms with Crippen molar-refractivity contribution in [3.05, 3.63) is 34.9 Å². The minimum Gasteiger partial charge on any atom is -0.468 e. The Kier molecular flexibility index (Phi) is 6.84. The summed E-state index contributed by atoms with van der Waals surface area (Å²) in [6.45, 7) is 1.55. The number of benzene rings is 1. The number of likely N-dealkylation sites (N-methyl/N-ethyl adjacent to an activating group) is 2. The maximum Gasteiger partial charge on any atom is 0.429 e. The van der Waals surface area contributed by atoms with Crippen LogP contribution in [0.15, 0.2) is 24.3 Å². The van der Waals surface area contributed by atoms with Crippen LogP contribution in [0.4, 0.5) is 4.79 Å². The number of hydrogen-bond donors (Lipinski definition) is 0. The average Bonchev–Trinajstić information content (AvgIpc) is 2.67. The molecule has 1 fully saturated rings. The third-order valence-electron chi connectivity index (χ3n) is 5.13. The number of hydrogen-bond acceptors (Lipinski definition) is 6. The summed E-state index contributed by atoms with van der Waals surface area (Å²) in [7, 11) is 4.23. The van der Waals surface area contributed by atoms with Gasteiger partial charge in [0.1, 0.15) is 11.6 Å². The minimum absolute atomic E-state index is 0.0787. The molecule has 0 unspecified atom stereocenters. The molecule has 7 nitrogen and oxygen atoms in total. The maximum atomic E-state index is 13.0. The first kappa shape index (κ1) is 21.2. The number of rotatable bonds is 5. The summed E-state index contributed by atoms with van der Waals surface area (Å²) < 4.78 is 4.66. The van der Waals surface area contributed by atoms with E-state index in [-0.39, 0.29) is 5.78 Å². The van der Waals surface area contributed by atoms with Gasteiger partial charge in [0.2, 0.25) is 0 Å². The molecule has 2 atom stereocenters. The van der Waals surface area contributed by atoms with Crippen molar-refractivity contribution in [2.75, 3.05) is 21.2 Å². The topological polar surface area (TPSA) is 76.2 Å². The normalized spacial score (nSPS) is 20.9. The second kappa shape index (κ2) is 8.71. The third kappa shape index (κ3) is 4.09. The number of amides is 1. The molecule has 0 bridgehead atoms. The Morgan fingerprint density at radius 2 is 1.89 bits per heavy atom. The Bertz CT molecular complexity index is 726. The number of hydroxylamine groups is 2. The van der Waals surface area contributed by atoms with Gasteiger partial charge >= 0.3 is 12.1 Å². The summed E-state index contributed by atoms with van der Waals surface area (Å²) in [5, 5.41) is 1.53. The largest absolute Gasteiger partial charge is 0.468 e. The van der Waals surface area contributed by atoms with Gasteiger partial charge in [0.25, 0.3) is 0 Å². The SMILES string of the molecule is COC(=O)[C@H](C)N(C)OC(=O)N(C)[C@]1(c2ccccc2Cl)CCCCC1=O. The maximum absolute atomic E-state index is 13.0. The second-order valence-electron chi connectivity index (χ2n) is 6.63. The highest BCUT2D eigenvalue weighted by Crippen LogP contribution is 2.42. The third-order valence-corrected chi connectivity index (χ3v) is 5.46. The van der Waals surface area contributed by atoms with Crippen LogP contribution in [-0.4, -0.2) is 55.1 Å². The zero-order valence-corrected chi connectivity index (χ0v) is 16.8. The average molecular weight is 397 g/mol. The van der Waals surface area contributed by atoms with E-state index in [1.165, 1.54) is 26.1 Å². The van der Waals surface area contributed by atoms with Crippen LogP contribution in [0.1, 0.15) is 38.2 Å². The van der Waals surface area contributed by atoms with Gasteiger partial charge in [-0.25, -0.2) is 4.79 Å². The van der Waals surface area contributed by atoms with Gasteiger partial charge in [-0.1, -0.05) is 29.8 Å². The van der Waals surface area contributed by atoms with E-state index >= 15 is 0 Å². The van der Waals surface area contributed by atoms with Crippen LogP contribution in [0, 0.1) is 0 Å². The number of Topliss-reactive ketones (excluding diaryl/α,β-unsaturated/α-hetero) is 1. The van der Waals surface area contributed by atoms with Gasteiger partial charge in [-0.15, -0.1) is 5.06 Å². The number of ketones is 1. The molecule has 0 aliphatic heterocycles. The Labute approximate surface area is 164 Å². The first-order chi connectivity index (χ1) is 12.8. The fourth-order valence-electron chi connectivity index (χ4n) is 3.37. The molecule has 0 spiro atoms. The fourth-order valence-corrected chi connectivity index (χ4v) is 3.66. The molecule has 148 valence electrons. The Morgan fingerprint density at radius 1 is 1.22 bits per heavy atom. The number of esters is 1. The predicted molar refractivity (Wildman–Crippen MR) is 100 cm³/mol. The Hall–Kier alpha value is -2.12. The van der Waals surface area contributed by atoms with Gasteiger partial charge in [-0.3, -0.25) is 14.5 Å². The van der Waals surface area contributed by atoms with E-state index in [0.29, 0.717) is 23.4 Å². The predicted octanol–water partition coefficient (Wildman–Crippen LogP) is 3.16. The Balaban J connectivity index is 2.34. The van der Waals surface area contributed by atoms with Crippen LogP contribution in [0.25, 0.3) is 0 Å². The zero-order chi connectivity index (χ0) is 20.2. The molecule has 0 saturated heterocycles. The first-order valence-corrected chi connectivity index (χ1v) is 9.18. The number of methoxy groups -OCH3 is 1. The Morgan fingerprint density at radius 3 is 2.48 bits per heavy atom. The van der Waals surface area contributed by atoms with E-state index in [2.05, 4.69) is 4.74 Å². The number of nitrogens with zero attached hydrogens (tertiary/aromatic N) is 2. The van der Waals surface area contributed by atoms with Gasteiger partial charge in [0, 0.05) is 31.1 Å². The smallest absolute Gasteiger partial charge is 0.429 e. The molecule has 8 heteroatoms. The second-order valence-corrected chi connectivity index (χ2v) is 7.04. The van der Waals surface area contributed by atoms with Crippen LogP contribution in [0.5, 0.6) is 0 Å². The van der Waals surface area contributed by atoms with Gasteiger partial charge in [-0.2, -0.15) is 0 Å². The van der Waals surface area contributed by atoms with Crippen molar-refractivity contribution in [3.8, 4) is 0 Å². The summed E-state index contributed by atoms with van der Waals surface area (Å²) in [6.07, 6.45) is 1.62. The van der Waals surface area contributed by atoms with Crippen LogP contribution in [-0.2, 0) is 24.7 Å². The molecular weight excluding hydrogens is 372 g/mol. The van der Waals surface area contributed by atoms with Crippen LogP contribution < -0.4 is 0 Å². The van der Waals surface area contributed by atoms with Crippen molar-refractivity contribution in [1.82, 2.24) is 9.96 Å². The highest BCUT2D eigenvalue weighted by Gasteiger charge is 2.49. The molecule has 2 rings (SSSR count).